The number of piperidine rings is 1. The number of carbonyl (C=O) groups excluding carboxylic acids is 1. The maximum atomic E-state index is 11.9. The van der Waals surface area contributed by atoms with E-state index in [4.69, 9.17) is 0 Å². The van der Waals surface area contributed by atoms with Crippen LogP contribution in [0.2, 0.25) is 0 Å². The number of nitrogens with one attached hydrogen (secondary N) is 2. The number of benzene rings is 1. The Bertz CT molecular complexity index is 442. The Morgan fingerprint density at radius 3 is 3.00 bits per heavy atom. The topological polar surface area (TPSA) is 41.1 Å². The standard InChI is InChI=1S/C15H21BrN2O/c1-11-5-7-14(13(16)10-11)18-15(19)8-6-12-4-2-3-9-17-12/h5,7,10,12,17H,2-4,6,8-9H2,1H3,(H,18,19). The Kier molecular flexibility index (Phi) is 5.40. The summed E-state index contributed by atoms with van der Waals surface area (Å²) in [7, 11) is 0. The predicted octanol–water partition coefficient (Wildman–Crippen LogP) is 3.62. The van der Waals surface area contributed by atoms with Crippen LogP contribution in [0.1, 0.15) is 37.7 Å². The number of anilines is 1. The molecule has 1 aliphatic rings. The minimum absolute atomic E-state index is 0.0944. The fourth-order valence-electron chi connectivity index (χ4n) is 2.41. The Hall–Kier alpha value is -0.870. The van der Waals surface area contributed by atoms with Crippen LogP contribution in [0, 0.1) is 6.92 Å². The second-order valence-corrected chi connectivity index (χ2v) is 6.07. The minimum Gasteiger partial charge on any atom is -0.325 e. The Labute approximate surface area is 123 Å². The summed E-state index contributed by atoms with van der Waals surface area (Å²) in [5, 5.41) is 6.43. The number of halogens is 1. The molecule has 1 fully saturated rings. The molecular weight excluding hydrogens is 304 g/mol. The van der Waals surface area contributed by atoms with Gasteiger partial charge in [0.25, 0.3) is 0 Å². The second-order valence-electron chi connectivity index (χ2n) is 5.22. The third-order valence-electron chi connectivity index (χ3n) is 3.53. The van der Waals surface area contributed by atoms with E-state index < -0.39 is 0 Å². The molecule has 0 saturated carbocycles. The van der Waals surface area contributed by atoms with Crippen LogP contribution in [0.3, 0.4) is 0 Å². The maximum absolute atomic E-state index is 11.9. The first-order valence-corrected chi connectivity index (χ1v) is 7.74. The largest absolute Gasteiger partial charge is 0.325 e. The summed E-state index contributed by atoms with van der Waals surface area (Å²) in [6, 6.07) is 6.47. The van der Waals surface area contributed by atoms with Crippen LogP contribution in [0.5, 0.6) is 0 Å². The lowest BCUT2D eigenvalue weighted by atomic mass is 10.0. The highest BCUT2D eigenvalue weighted by Gasteiger charge is 2.14. The molecule has 0 bridgehead atoms. The summed E-state index contributed by atoms with van der Waals surface area (Å²) in [5.74, 6) is 0.0944. The first-order chi connectivity index (χ1) is 9.15. The van der Waals surface area contributed by atoms with E-state index in [1.54, 1.807) is 0 Å². The highest BCUT2D eigenvalue weighted by molar-refractivity contribution is 9.10. The van der Waals surface area contributed by atoms with Crippen LogP contribution >= 0.6 is 15.9 Å². The van der Waals surface area contributed by atoms with Crippen molar-refractivity contribution in [2.24, 2.45) is 0 Å². The molecule has 4 heteroatoms. The van der Waals surface area contributed by atoms with Gasteiger partial charge in [0.1, 0.15) is 0 Å². The quantitative estimate of drug-likeness (QED) is 0.888. The molecule has 1 amide bonds. The number of rotatable bonds is 4. The molecule has 0 aromatic heterocycles. The molecule has 0 aliphatic carbocycles. The van der Waals surface area contributed by atoms with Gasteiger partial charge in [0, 0.05) is 16.9 Å². The molecule has 1 saturated heterocycles. The number of hydrogen-bond acceptors (Lipinski definition) is 2. The number of carbonyl (C=O) groups is 1. The summed E-state index contributed by atoms with van der Waals surface area (Å²) in [4.78, 5) is 11.9. The van der Waals surface area contributed by atoms with Crippen LogP contribution in [0.4, 0.5) is 5.69 Å². The summed E-state index contributed by atoms with van der Waals surface area (Å²) in [6.45, 7) is 3.13. The molecule has 2 N–H and O–H groups in total. The van der Waals surface area contributed by atoms with E-state index in [1.165, 1.54) is 24.8 Å². The van der Waals surface area contributed by atoms with Crippen molar-refractivity contribution in [3.63, 3.8) is 0 Å². The fraction of sp³-hybridized carbons (Fsp3) is 0.533. The molecule has 0 spiro atoms. The molecule has 1 aromatic carbocycles. The fourth-order valence-corrected chi connectivity index (χ4v) is 3.00. The van der Waals surface area contributed by atoms with Gasteiger partial charge in [0.15, 0.2) is 0 Å². The van der Waals surface area contributed by atoms with Gasteiger partial charge in [0.2, 0.25) is 5.91 Å². The average molecular weight is 325 g/mol. The number of amides is 1. The van der Waals surface area contributed by atoms with Crippen molar-refractivity contribution in [1.82, 2.24) is 5.32 Å². The SMILES string of the molecule is Cc1ccc(NC(=O)CCC2CCCCN2)c(Br)c1. The summed E-state index contributed by atoms with van der Waals surface area (Å²) >= 11 is 3.48. The van der Waals surface area contributed by atoms with Gasteiger partial charge in [-0.1, -0.05) is 12.5 Å². The normalized spacial score (nSPS) is 19.2. The molecule has 3 nitrogen and oxygen atoms in total. The average Bonchev–Trinajstić information content (AvgIpc) is 2.41. The lowest BCUT2D eigenvalue weighted by Crippen LogP contribution is -2.34. The van der Waals surface area contributed by atoms with Crippen LogP contribution in [0.25, 0.3) is 0 Å². The third kappa shape index (κ3) is 4.62. The van der Waals surface area contributed by atoms with Gasteiger partial charge in [-0.25, -0.2) is 0 Å². The van der Waals surface area contributed by atoms with Gasteiger partial charge in [-0.15, -0.1) is 0 Å². The zero-order chi connectivity index (χ0) is 13.7. The Morgan fingerprint density at radius 1 is 1.47 bits per heavy atom. The van der Waals surface area contributed by atoms with Gasteiger partial charge >= 0.3 is 0 Å². The summed E-state index contributed by atoms with van der Waals surface area (Å²) in [5.41, 5.74) is 2.03. The van der Waals surface area contributed by atoms with E-state index in [9.17, 15) is 4.79 Å². The first-order valence-electron chi connectivity index (χ1n) is 6.94. The van der Waals surface area contributed by atoms with Crippen LogP contribution in [-0.4, -0.2) is 18.5 Å². The van der Waals surface area contributed by atoms with Gasteiger partial charge in [0.05, 0.1) is 5.69 Å². The lowest BCUT2D eigenvalue weighted by Gasteiger charge is -2.23. The Morgan fingerprint density at radius 2 is 2.32 bits per heavy atom. The maximum Gasteiger partial charge on any atom is 0.224 e. The van der Waals surface area contributed by atoms with Gasteiger partial charge in [-0.05, 0) is 66.4 Å². The van der Waals surface area contributed by atoms with Crippen molar-refractivity contribution in [1.29, 1.82) is 0 Å². The van der Waals surface area contributed by atoms with Crippen molar-refractivity contribution in [3.8, 4) is 0 Å². The van der Waals surface area contributed by atoms with Gasteiger partial charge in [-0.2, -0.15) is 0 Å². The molecule has 1 aliphatic heterocycles. The highest BCUT2D eigenvalue weighted by Crippen LogP contribution is 2.23. The van der Waals surface area contributed by atoms with Gasteiger partial charge < -0.3 is 10.6 Å². The Balaban J connectivity index is 1.80. The molecule has 1 unspecified atom stereocenters. The molecule has 19 heavy (non-hydrogen) atoms. The molecule has 2 rings (SSSR count). The monoisotopic (exact) mass is 324 g/mol. The van der Waals surface area contributed by atoms with Crippen molar-refractivity contribution in [2.75, 3.05) is 11.9 Å². The number of aryl methyl sites for hydroxylation is 1. The van der Waals surface area contributed by atoms with Gasteiger partial charge in [-0.3, -0.25) is 4.79 Å². The van der Waals surface area contributed by atoms with Crippen molar-refractivity contribution >= 4 is 27.5 Å². The van der Waals surface area contributed by atoms with Crippen molar-refractivity contribution < 1.29 is 4.79 Å². The molecule has 1 aromatic rings. The highest BCUT2D eigenvalue weighted by atomic mass is 79.9. The first kappa shape index (κ1) is 14.5. The van der Waals surface area contributed by atoms with Crippen LogP contribution in [0.15, 0.2) is 22.7 Å². The third-order valence-corrected chi connectivity index (χ3v) is 4.19. The smallest absolute Gasteiger partial charge is 0.224 e. The number of hydrogen-bond donors (Lipinski definition) is 2. The lowest BCUT2D eigenvalue weighted by molar-refractivity contribution is -0.116. The molecular formula is C15H21BrN2O. The van der Waals surface area contributed by atoms with Crippen LogP contribution < -0.4 is 10.6 Å². The summed E-state index contributed by atoms with van der Waals surface area (Å²) in [6.07, 6.45) is 5.25. The molecule has 1 heterocycles. The van der Waals surface area contributed by atoms with E-state index >= 15 is 0 Å². The van der Waals surface area contributed by atoms with Crippen molar-refractivity contribution in [3.05, 3.63) is 28.2 Å². The van der Waals surface area contributed by atoms with E-state index in [-0.39, 0.29) is 5.91 Å². The zero-order valence-electron chi connectivity index (χ0n) is 11.3. The van der Waals surface area contributed by atoms with Crippen molar-refractivity contribution in [2.45, 2.75) is 45.1 Å². The van der Waals surface area contributed by atoms with E-state index in [0.717, 1.165) is 23.1 Å². The van der Waals surface area contributed by atoms with E-state index in [2.05, 4.69) is 26.6 Å². The molecule has 1 atom stereocenters. The minimum atomic E-state index is 0.0944. The predicted molar refractivity (Wildman–Crippen MR) is 82.4 cm³/mol. The second kappa shape index (κ2) is 7.06. The zero-order valence-corrected chi connectivity index (χ0v) is 12.9. The summed E-state index contributed by atoms with van der Waals surface area (Å²) < 4.78 is 0.941. The molecule has 0 radical (unpaired) electrons. The van der Waals surface area contributed by atoms with Crippen LogP contribution in [-0.2, 0) is 4.79 Å². The van der Waals surface area contributed by atoms with E-state index in [1.807, 2.05) is 25.1 Å². The van der Waals surface area contributed by atoms with E-state index in [0.29, 0.717) is 12.5 Å². The molecule has 104 valence electrons.